The standard InChI is InChI=1S/C20H21FN4O/c1-14-3-7-16(8-4-14)19-25-18(13-26-19)12-24-20(22-2)23-11-15-5-9-17(21)10-6-15/h3-10,13H,11-12H2,1-2H3,(H2,22,23,24). The summed E-state index contributed by atoms with van der Waals surface area (Å²) in [7, 11) is 1.69. The van der Waals surface area contributed by atoms with E-state index in [0.29, 0.717) is 24.9 Å². The molecule has 0 spiro atoms. The average molecular weight is 352 g/mol. The Morgan fingerprint density at radius 3 is 2.42 bits per heavy atom. The maximum atomic E-state index is 12.9. The lowest BCUT2D eigenvalue weighted by molar-refractivity contribution is 0.572. The summed E-state index contributed by atoms with van der Waals surface area (Å²) in [6.07, 6.45) is 1.63. The van der Waals surface area contributed by atoms with Crippen molar-refractivity contribution in [2.24, 2.45) is 4.99 Å². The van der Waals surface area contributed by atoms with E-state index in [-0.39, 0.29) is 5.82 Å². The maximum Gasteiger partial charge on any atom is 0.226 e. The topological polar surface area (TPSA) is 62.5 Å². The molecule has 2 aromatic carbocycles. The fraction of sp³-hybridized carbons (Fsp3) is 0.200. The summed E-state index contributed by atoms with van der Waals surface area (Å²) < 4.78 is 18.5. The Bertz CT molecular complexity index is 870. The fourth-order valence-corrected chi connectivity index (χ4v) is 2.40. The van der Waals surface area contributed by atoms with Crippen molar-refractivity contribution in [1.29, 1.82) is 0 Å². The highest BCUT2D eigenvalue weighted by Gasteiger charge is 2.07. The van der Waals surface area contributed by atoms with Gasteiger partial charge in [0.15, 0.2) is 5.96 Å². The van der Waals surface area contributed by atoms with Gasteiger partial charge in [-0.05, 0) is 36.8 Å². The average Bonchev–Trinajstić information content (AvgIpc) is 3.13. The fourth-order valence-electron chi connectivity index (χ4n) is 2.40. The molecule has 0 radical (unpaired) electrons. The van der Waals surface area contributed by atoms with Gasteiger partial charge in [-0.1, -0.05) is 29.8 Å². The highest BCUT2D eigenvalue weighted by Crippen LogP contribution is 2.18. The number of guanidine groups is 1. The second-order valence-electron chi connectivity index (χ2n) is 5.92. The van der Waals surface area contributed by atoms with Gasteiger partial charge in [0, 0.05) is 19.2 Å². The normalized spacial score (nSPS) is 11.4. The lowest BCUT2D eigenvalue weighted by atomic mass is 10.1. The van der Waals surface area contributed by atoms with E-state index in [1.165, 1.54) is 17.7 Å². The van der Waals surface area contributed by atoms with Crippen LogP contribution >= 0.6 is 0 Å². The van der Waals surface area contributed by atoms with E-state index in [1.807, 2.05) is 31.2 Å². The number of aromatic nitrogens is 1. The van der Waals surface area contributed by atoms with Crippen molar-refractivity contribution in [3.63, 3.8) is 0 Å². The third kappa shape index (κ3) is 4.69. The molecule has 0 saturated heterocycles. The number of nitrogens with one attached hydrogen (secondary N) is 2. The van der Waals surface area contributed by atoms with E-state index in [9.17, 15) is 4.39 Å². The Hall–Kier alpha value is -3.15. The van der Waals surface area contributed by atoms with Crippen LogP contribution in [0.5, 0.6) is 0 Å². The molecule has 0 aliphatic heterocycles. The number of aliphatic imine (C=N–C) groups is 1. The van der Waals surface area contributed by atoms with E-state index >= 15 is 0 Å². The summed E-state index contributed by atoms with van der Waals surface area (Å²) in [4.78, 5) is 8.66. The number of rotatable bonds is 5. The summed E-state index contributed by atoms with van der Waals surface area (Å²) >= 11 is 0. The molecule has 2 N–H and O–H groups in total. The second kappa shape index (κ2) is 8.29. The molecule has 5 nitrogen and oxygen atoms in total. The molecular formula is C20H21FN4O. The van der Waals surface area contributed by atoms with Crippen LogP contribution in [0.25, 0.3) is 11.5 Å². The van der Waals surface area contributed by atoms with Crippen LogP contribution in [0.3, 0.4) is 0 Å². The highest BCUT2D eigenvalue weighted by atomic mass is 19.1. The first-order chi connectivity index (χ1) is 12.6. The minimum Gasteiger partial charge on any atom is -0.444 e. The summed E-state index contributed by atoms with van der Waals surface area (Å²) in [5.74, 6) is 0.983. The molecule has 3 rings (SSSR count). The SMILES string of the molecule is CN=C(NCc1ccc(F)cc1)NCc1coc(-c2ccc(C)cc2)n1. The van der Waals surface area contributed by atoms with E-state index in [1.54, 1.807) is 25.4 Å². The van der Waals surface area contributed by atoms with Gasteiger partial charge in [0.1, 0.15) is 12.1 Å². The third-order valence-electron chi connectivity index (χ3n) is 3.88. The van der Waals surface area contributed by atoms with Gasteiger partial charge in [-0.25, -0.2) is 9.37 Å². The van der Waals surface area contributed by atoms with Crippen LogP contribution in [0, 0.1) is 12.7 Å². The molecule has 0 saturated carbocycles. The van der Waals surface area contributed by atoms with Crippen molar-refractivity contribution in [3.8, 4) is 11.5 Å². The van der Waals surface area contributed by atoms with Crippen LogP contribution in [0.1, 0.15) is 16.8 Å². The van der Waals surface area contributed by atoms with Crippen LogP contribution in [0.2, 0.25) is 0 Å². The van der Waals surface area contributed by atoms with Gasteiger partial charge in [-0.2, -0.15) is 0 Å². The first-order valence-corrected chi connectivity index (χ1v) is 8.34. The summed E-state index contributed by atoms with van der Waals surface area (Å²) in [6.45, 7) is 3.07. The molecule has 1 aromatic heterocycles. The summed E-state index contributed by atoms with van der Waals surface area (Å²) in [5, 5.41) is 6.36. The first-order valence-electron chi connectivity index (χ1n) is 8.34. The Balaban J connectivity index is 1.54. The minimum atomic E-state index is -0.244. The zero-order valence-electron chi connectivity index (χ0n) is 14.8. The number of oxazole rings is 1. The Kier molecular flexibility index (Phi) is 5.63. The molecule has 0 unspecified atom stereocenters. The molecule has 3 aromatic rings. The van der Waals surface area contributed by atoms with Gasteiger partial charge < -0.3 is 15.1 Å². The van der Waals surface area contributed by atoms with Crippen molar-refractivity contribution in [1.82, 2.24) is 15.6 Å². The molecule has 6 heteroatoms. The van der Waals surface area contributed by atoms with Crippen molar-refractivity contribution in [3.05, 3.63) is 77.4 Å². The van der Waals surface area contributed by atoms with Gasteiger partial charge in [-0.15, -0.1) is 0 Å². The van der Waals surface area contributed by atoms with Crippen LogP contribution < -0.4 is 10.6 Å². The number of halogens is 1. The number of benzene rings is 2. The monoisotopic (exact) mass is 352 g/mol. The van der Waals surface area contributed by atoms with Crippen LogP contribution in [0.4, 0.5) is 4.39 Å². The predicted molar refractivity (Wildman–Crippen MR) is 100 cm³/mol. The van der Waals surface area contributed by atoms with Crippen molar-refractivity contribution in [2.45, 2.75) is 20.0 Å². The molecule has 1 heterocycles. The van der Waals surface area contributed by atoms with Gasteiger partial charge >= 0.3 is 0 Å². The third-order valence-corrected chi connectivity index (χ3v) is 3.88. The Morgan fingerprint density at radius 2 is 1.73 bits per heavy atom. The van der Waals surface area contributed by atoms with E-state index in [0.717, 1.165) is 16.8 Å². The quantitative estimate of drug-likeness (QED) is 0.543. The van der Waals surface area contributed by atoms with E-state index in [2.05, 4.69) is 20.6 Å². The smallest absolute Gasteiger partial charge is 0.226 e. The van der Waals surface area contributed by atoms with Crippen molar-refractivity contribution < 1.29 is 8.81 Å². The van der Waals surface area contributed by atoms with Gasteiger partial charge in [0.2, 0.25) is 5.89 Å². The maximum absolute atomic E-state index is 12.9. The molecule has 26 heavy (non-hydrogen) atoms. The molecule has 0 atom stereocenters. The zero-order valence-corrected chi connectivity index (χ0v) is 14.8. The predicted octanol–water partition coefficient (Wildman–Crippen LogP) is 3.65. The Labute approximate surface area is 152 Å². The molecule has 0 bridgehead atoms. The van der Waals surface area contributed by atoms with Gasteiger partial charge in [0.25, 0.3) is 0 Å². The van der Waals surface area contributed by atoms with Crippen LogP contribution in [0.15, 0.2) is 64.2 Å². The number of hydrogen-bond donors (Lipinski definition) is 2. The van der Waals surface area contributed by atoms with Crippen LogP contribution in [-0.2, 0) is 13.1 Å². The molecule has 0 amide bonds. The lowest BCUT2D eigenvalue weighted by Crippen LogP contribution is -2.36. The molecule has 0 fully saturated rings. The number of hydrogen-bond acceptors (Lipinski definition) is 3. The molecule has 0 aliphatic carbocycles. The lowest BCUT2D eigenvalue weighted by Gasteiger charge is -2.10. The Morgan fingerprint density at radius 1 is 1.04 bits per heavy atom. The van der Waals surface area contributed by atoms with E-state index in [4.69, 9.17) is 4.42 Å². The zero-order chi connectivity index (χ0) is 18.4. The number of aryl methyl sites for hydroxylation is 1. The largest absolute Gasteiger partial charge is 0.444 e. The molecule has 134 valence electrons. The second-order valence-corrected chi connectivity index (χ2v) is 5.92. The first kappa shape index (κ1) is 17.7. The van der Waals surface area contributed by atoms with Crippen molar-refractivity contribution in [2.75, 3.05) is 7.05 Å². The number of nitrogens with zero attached hydrogens (tertiary/aromatic N) is 2. The van der Waals surface area contributed by atoms with Gasteiger partial charge in [-0.3, -0.25) is 4.99 Å². The molecule has 0 aliphatic rings. The minimum absolute atomic E-state index is 0.244. The molecular weight excluding hydrogens is 331 g/mol. The highest BCUT2D eigenvalue weighted by molar-refractivity contribution is 5.79. The van der Waals surface area contributed by atoms with Crippen LogP contribution in [-0.4, -0.2) is 18.0 Å². The van der Waals surface area contributed by atoms with E-state index < -0.39 is 0 Å². The summed E-state index contributed by atoms with van der Waals surface area (Å²) in [6, 6.07) is 14.4. The van der Waals surface area contributed by atoms with Crippen molar-refractivity contribution >= 4 is 5.96 Å². The van der Waals surface area contributed by atoms with Gasteiger partial charge in [0.05, 0.1) is 12.2 Å². The summed E-state index contributed by atoms with van der Waals surface area (Å²) in [5.41, 5.74) is 3.89.